The van der Waals surface area contributed by atoms with Crippen molar-refractivity contribution < 1.29 is 9.53 Å². The van der Waals surface area contributed by atoms with Crippen molar-refractivity contribution in [2.24, 2.45) is 5.92 Å². The van der Waals surface area contributed by atoms with Gasteiger partial charge in [0.15, 0.2) is 0 Å². The van der Waals surface area contributed by atoms with E-state index in [0.717, 1.165) is 42.0 Å². The Hall–Kier alpha value is -1.88. The molecule has 1 atom stereocenters. The number of ether oxygens (including phenoxy) is 1. The number of amides is 1. The lowest BCUT2D eigenvalue weighted by Gasteiger charge is -2.21. The molecule has 0 N–H and O–H groups in total. The number of hydrogen-bond donors (Lipinski definition) is 0. The van der Waals surface area contributed by atoms with E-state index < -0.39 is 0 Å². The van der Waals surface area contributed by atoms with Gasteiger partial charge in [0.05, 0.1) is 18.8 Å². The van der Waals surface area contributed by atoms with E-state index in [2.05, 4.69) is 6.07 Å². The average molecular weight is 356 g/mol. The van der Waals surface area contributed by atoms with Gasteiger partial charge in [-0.05, 0) is 50.2 Å². The van der Waals surface area contributed by atoms with Gasteiger partial charge >= 0.3 is 0 Å². The molecule has 1 unspecified atom stereocenters. The van der Waals surface area contributed by atoms with Crippen LogP contribution in [0.2, 0.25) is 0 Å². The van der Waals surface area contributed by atoms with Crippen LogP contribution in [0.25, 0.3) is 0 Å². The van der Waals surface area contributed by atoms with Crippen molar-refractivity contribution >= 4 is 17.2 Å². The van der Waals surface area contributed by atoms with E-state index in [1.165, 1.54) is 23.4 Å². The summed E-state index contributed by atoms with van der Waals surface area (Å²) in [5, 5.41) is 1.08. The van der Waals surface area contributed by atoms with Crippen LogP contribution in [-0.4, -0.2) is 29.4 Å². The molecular formula is C20H24N2O2S. The Bertz CT molecular complexity index is 747. The first-order valence-electron chi connectivity index (χ1n) is 9.14. The van der Waals surface area contributed by atoms with E-state index in [1.54, 1.807) is 11.3 Å². The van der Waals surface area contributed by atoms with E-state index >= 15 is 0 Å². The fourth-order valence-corrected chi connectivity index (χ4v) is 4.98. The molecule has 2 aromatic rings. The molecule has 132 valence electrons. The molecule has 0 radical (unpaired) electrons. The molecule has 1 aromatic carbocycles. The second kappa shape index (κ2) is 7.16. The summed E-state index contributed by atoms with van der Waals surface area (Å²) in [6.45, 7) is 1.22. The minimum absolute atomic E-state index is 0.0109. The van der Waals surface area contributed by atoms with Gasteiger partial charge in [-0.3, -0.25) is 4.79 Å². The second-order valence-electron chi connectivity index (χ2n) is 7.02. The maximum absolute atomic E-state index is 13.0. The van der Waals surface area contributed by atoms with Gasteiger partial charge < -0.3 is 9.64 Å². The van der Waals surface area contributed by atoms with E-state index in [0.29, 0.717) is 13.2 Å². The normalized spacial score (nSPS) is 19.3. The van der Waals surface area contributed by atoms with Crippen molar-refractivity contribution in [3.63, 3.8) is 0 Å². The van der Waals surface area contributed by atoms with Crippen LogP contribution in [-0.2, 0) is 30.6 Å². The van der Waals surface area contributed by atoms with E-state index in [1.807, 2.05) is 30.1 Å². The third kappa shape index (κ3) is 3.56. The van der Waals surface area contributed by atoms with Gasteiger partial charge in [-0.15, -0.1) is 11.3 Å². The van der Waals surface area contributed by atoms with Crippen molar-refractivity contribution in [1.29, 1.82) is 0 Å². The molecule has 0 saturated heterocycles. The molecule has 0 spiro atoms. The van der Waals surface area contributed by atoms with E-state index in [-0.39, 0.29) is 11.8 Å². The number of thiazole rings is 1. The van der Waals surface area contributed by atoms with Gasteiger partial charge in [-0.1, -0.05) is 18.2 Å². The SMILES string of the molecule is CN(Cc1nc2c(s1)CCCC2)C(=O)C1CCOc2ccccc2C1. The first-order valence-corrected chi connectivity index (χ1v) is 9.95. The lowest BCUT2D eigenvalue weighted by Crippen LogP contribution is -2.33. The summed E-state index contributed by atoms with van der Waals surface area (Å²) in [5.74, 6) is 1.12. The second-order valence-corrected chi connectivity index (χ2v) is 8.19. The number of aryl methyl sites for hydroxylation is 2. The number of benzene rings is 1. The molecule has 0 saturated carbocycles. The molecule has 0 bridgehead atoms. The molecule has 4 nitrogen and oxygen atoms in total. The highest BCUT2D eigenvalue weighted by Crippen LogP contribution is 2.29. The summed E-state index contributed by atoms with van der Waals surface area (Å²) < 4.78 is 5.80. The topological polar surface area (TPSA) is 42.4 Å². The number of hydrogen-bond acceptors (Lipinski definition) is 4. The van der Waals surface area contributed by atoms with Crippen LogP contribution in [0, 0.1) is 5.92 Å². The van der Waals surface area contributed by atoms with Crippen LogP contribution in [0.3, 0.4) is 0 Å². The molecule has 2 heterocycles. The fourth-order valence-electron chi connectivity index (χ4n) is 3.77. The number of carbonyl (C=O) groups excluding carboxylic acids is 1. The summed E-state index contributed by atoms with van der Waals surface area (Å²) in [6, 6.07) is 8.05. The zero-order chi connectivity index (χ0) is 17.2. The minimum Gasteiger partial charge on any atom is -0.493 e. The van der Waals surface area contributed by atoms with Crippen LogP contribution in [0.4, 0.5) is 0 Å². The molecule has 4 rings (SSSR count). The number of nitrogens with zero attached hydrogens (tertiary/aromatic N) is 2. The van der Waals surface area contributed by atoms with Gasteiger partial charge in [0.1, 0.15) is 10.8 Å². The Morgan fingerprint density at radius 2 is 2.16 bits per heavy atom. The highest BCUT2D eigenvalue weighted by molar-refractivity contribution is 7.11. The molecule has 1 aromatic heterocycles. The predicted molar refractivity (Wildman–Crippen MR) is 99.0 cm³/mol. The molecular weight excluding hydrogens is 332 g/mol. The Labute approximate surface area is 152 Å². The molecule has 2 aliphatic rings. The smallest absolute Gasteiger partial charge is 0.226 e. The Kier molecular flexibility index (Phi) is 4.75. The van der Waals surface area contributed by atoms with Gasteiger partial charge in [-0.25, -0.2) is 4.98 Å². The maximum atomic E-state index is 13.0. The van der Waals surface area contributed by atoms with Crippen LogP contribution >= 0.6 is 11.3 Å². The molecule has 1 aliphatic heterocycles. The van der Waals surface area contributed by atoms with Crippen LogP contribution in [0.15, 0.2) is 24.3 Å². The first-order chi connectivity index (χ1) is 12.2. The van der Waals surface area contributed by atoms with Gasteiger partial charge in [0.2, 0.25) is 5.91 Å². The largest absolute Gasteiger partial charge is 0.493 e. The van der Waals surface area contributed by atoms with Crippen molar-refractivity contribution in [2.45, 2.75) is 45.1 Å². The number of carbonyl (C=O) groups is 1. The molecule has 5 heteroatoms. The Morgan fingerprint density at radius 3 is 3.04 bits per heavy atom. The summed E-state index contributed by atoms with van der Waals surface area (Å²) in [7, 11) is 1.90. The predicted octanol–water partition coefficient (Wildman–Crippen LogP) is 3.62. The highest BCUT2D eigenvalue weighted by Gasteiger charge is 2.27. The van der Waals surface area contributed by atoms with Crippen molar-refractivity contribution in [2.75, 3.05) is 13.7 Å². The van der Waals surface area contributed by atoms with Gasteiger partial charge in [0, 0.05) is 17.8 Å². The lowest BCUT2D eigenvalue weighted by molar-refractivity contribution is -0.135. The number of rotatable bonds is 3. The third-order valence-corrected chi connectivity index (χ3v) is 6.29. The van der Waals surface area contributed by atoms with E-state index in [4.69, 9.17) is 9.72 Å². The summed E-state index contributed by atoms with van der Waals surface area (Å²) in [6.07, 6.45) is 6.29. The molecule has 1 aliphatic carbocycles. The highest BCUT2D eigenvalue weighted by atomic mass is 32.1. The average Bonchev–Trinajstić information content (AvgIpc) is 2.90. The fraction of sp³-hybridized carbons (Fsp3) is 0.500. The number of aromatic nitrogens is 1. The maximum Gasteiger partial charge on any atom is 0.226 e. The van der Waals surface area contributed by atoms with Crippen molar-refractivity contribution in [3.8, 4) is 5.75 Å². The molecule has 0 fully saturated rings. The van der Waals surface area contributed by atoms with Gasteiger partial charge in [-0.2, -0.15) is 0 Å². The monoisotopic (exact) mass is 356 g/mol. The van der Waals surface area contributed by atoms with Gasteiger partial charge in [0.25, 0.3) is 0 Å². The Balaban J connectivity index is 1.44. The van der Waals surface area contributed by atoms with Crippen molar-refractivity contribution in [1.82, 2.24) is 9.88 Å². The first kappa shape index (κ1) is 16.6. The van der Waals surface area contributed by atoms with Crippen LogP contribution in [0.5, 0.6) is 5.75 Å². The standard InChI is InChI=1S/C20H24N2O2S/c1-22(13-19-21-16-7-3-5-9-18(16)25-19)20(23)15-10-11-24-17-8-4-2-6-14(17)12-15/h2,4,6,8,15H,3,5,7,9-13H2,1H3. The summed E-state index contributed by atoms with van der Waals surface area (Å²) in [5.41, 5.74) is 2.40. The van der Waals surface area contributed by atoms with Crippen LogP contribution < -0.4 is 4.74 Å². The summed E-state index contributed by atoms with van der Waals surface area (Å²) in [4.78, 5) is 21.0. The van der Waals surface area contributed by atoms with E-state index in [9.17, 15) is 4.79 Å². The zero-order valence-electron chi connectivity index (χ0n) is 14.7. The number of para-hydroxylation sites is 1. The Morgan fingerprint density at radius 1 is 1.32 bits per heavy atom. The zero-order valence-corrected chi connectivity index (χ0v) is 15.5. The molecule has 25 heavy (non-hydrogen) atoms. The lowest BCUT2D eigenvalue weighted by atomic mass is 9.95. The summed E-state index contributed by atoms with van der Waals surface area (Å²) >= 11 is 1.79. The minimum atomic E-state index is -0.0109. The quantitative estimate of drug-likeness (QED) is 0.843. The van der Waals surface area contributed by atoms with Crippen molar-refractivity contribution in [3.05, 3.63) is 45.4 Å². The third-order valence-electron chi connectivity index (χ3n) is 5.15. The molecule has 1 amide bonds. The number of fused-ring (bicyclic) bond motifs is 2. The van der Waals surface area contributed by atoms with Crippen LogP contribution in [0.1, 0.15) is 40.4 Å².